The van der Waals surface area contributed by atoms with Crippen LogP contribution in [0.3, 0.4) is 0 Å². The maximum absolute atomic E-state index is 13.5. The molecule has 3 N–H and O–H groups in total. The molecule has 1 aromatic carbocycles. The van der Waals surface area contributed by atoms with Gasteiger partial charge in [0.2, 0.25) is 10.0 Å². The molecule has 0 fully saturated rings. The molecule has 6 nitrogen and oxygen atoms in total. The summed E-state index contributed by atoms with van der Waals surface area (Å²) in [5.74, 6) is -1.28. The van der Waals surface area contributed by atoms with Crippen LogP contribution < -0.4 is 10.5 Å². The van der Waals surface area contributed by atoms with Gasteiger partial charge in [0.05, 0.1) is 4.90 Å². The van der Waals surface area contributed by atoms with Gasteiger partial charge in [-0.1, -0.05) is 0 Å². The van der Waals surface area contributed by atoms with E-state index in [4.69, 9.17) is 5.14 Å². The number of rotatable bonds is 5. The molecule has 0 radical (unpaired) electrons. The number of primary sulfonamides is 1. The lowest BCUT2D eigenvalue weighted by Gasteiger charge is -2.15. The zero-order valence-electron chi connectivity index (χ0n) is 11.8. The molecule has 21 heavy (non-hydrogen) atoms. The number of hydrogen-bond donors (Lipinski definition) is 2. The Morgan fingerprint density at radius 3 is 2.52 bits per heavy atom. The van der Waals surface area contributed by atoms with Crippen molar-refractivity contribution >= 4 is 26.7 Å². The summed E-state index contributed by atoms with van der Waals surface area (Å²) >= 11 is 0. The normalized spacial score (nSPS) is 14.5. The number of hydrogen-bond acceptors (Lipinski definition) is 4. The van der Waals surface area contributed by atoms with Crippen LogP contribution in [-0.4, -0.2) is 36.6 Å². The SMILES string of the molecule is Cc1c(C(=O)NC(C)CS(C)=O)cc(F)cc1S(N)(=O)=O. The molecule has 0 saturated carbocycles. The highest BCUT2D eigenvalue weighted by Gasteiger charge is 2.21. The first-order valence-electron chi connectivity index (χ1n) is 5.96. The van der Waals surface area contributed by atoms with Gasteiger partial charge >= 0.3 is 0 Å². The number of carbonyl (C=O) groups is 1. The predicted molar refractivity (Wildman–Crippen MR) is 78.4 cm³/mol. The van der Waals surface area contributed by atoms with E-state index in [0.717, 1.165) is 12.1 Å². The van der Waals surface area contributed by atoms with Crippen LogP contribution in [0.4, 0.5) is 4.39 Å². The number of benzene rings is 1. The Kier molecular flexibility index (Phi) is 5.60. The summed E-state index contributed by atoms with van der Waals surface area (Å²) in [4.78, 5) is 11.6. The maximum Gasteiger partial charge on any atom is 0.251 e. The fourth-order valence-electron chi connectivity index (χ4n) is 1.88. The Labute approximate surface area is 125 Å². The van der Waals surface area contributed by atoms with E-state index < -0.39 is 43.5 Å². The molecule has 0 bridgehead atoms. The number of nitrogens with two attached hydrogens (primary N) is 1. The van der Waals surface area contributed by atoms with Gasteiger partial charge < -0.3 is 5.32 Å². The molecule has 2 atom stereocenters. The Balaban J connectivity index is 3.17. The minimum Gasteiger partial charge on any atom is -0.349 e. The largest absolute Gasteiger partial charge is 0.349 e. The first-order valence-corrected chi connectivity index (χ1v) is 9.23. The van der Waals surface area contributed by atoms with Gasteiger partial charge in [0.15, 0.2) is 0 Å². The van der Waals surface area contributed by atoms with Crippen molar-refractivity contribution in [3.8, 4) is 0 Å². The summed E-state index contributed by atoms with van der Waals surface area (Å²) in [7, 11) is -5.23. The van der Waals surface area contributed by atoms with Gasteiger partial charge in [-0.3, -0.25) is 9.00 Å². The number of sulfonamides is 1. The summed E-state index contributed by atoms with van der Waals surface area (Å²) < 4.78 is 47.4. The van der Waals surface area contributed by atoms with Crippen molar-refractivity contribution in [3.05, 3.63) is 29.1 Å². The minimum atomic E-state index is -4.13. The van der Waals surface area contributed by atoms with E-state index >= 15 is 0 Å². The van der Waals surface area contributed by atoms with Crippen LogP contribution in [0.1, 0.15) is 22.8 Å². The van der Waals surface area contributed by atoms with Crippen LogP contribution in [0.5, 0.6) is 0 Å². The van der Waals surface area contributed by atoms with Gasteiger partial charge in [0.1, 0.15) is 5.82 Å². The molecule has 0 spiro atoms. The summed E-state index contributed by atoms with van der Waals surface area (Å²) in [5.41, 5.74) is -0.0472. The Morgan fingerprint density at radius 1 is 1.48 bits per heavy atom. The van der Waals surface area contributed by atoms with E-state index in [2.05, 4.69) is 5.32 Å². The summed E-state index contributed by atoms with van der Waals surface area (Å²) in [6.07, 6.45) is 1.50. The first-order chi connectivity index (χ1) is 9.52. The highest BCUT2D eigenvalue weighted by molar-refractivity contribution is 7.89. The van der Waals surface area contributed by atoms with Crippen molar-refractivity contribution in [3.63, 3.8) is 0 Å². The van der Waals surface area contributed by atoms with Crippen molar-refractivity contribution in [1.29, 1.82) is 0 Å². The van der Waals surface area contributed by atoms with Gasteiger partial charge in [-0.15, -0.1) is 0 Å². The third kappa shape index (κ3) is 4.87. The molecule has 1 rings (SSSR count). The summed E-state index contributed by atoms with van der Waals surface area (Å²) in [5, 5.41) is 7.54. The first kappa shape index (κ1) is 17.7. The standard InChI is InChI=1S/C12H17FN2O4S2/c1-7(6-20(3)17)15-12(16)10-4-9(13)5-11(8(10)2)21(14,18)19/h4-5,7H,6H2,1-3H3,(H,15,16)(H2,14,18,19). The molecule has 0 aliphatic heterocycles. The van der Waals surface area contributed by atoms with Gasteiger partial charge in [-0.25, -0.2) is 17.9 Å². The van der Waals surface area contributed by atoms with Crippen LogP contribution in [0.25, 0.3) is 0 Å². The Bertz CT molecular complexity index is 689. The van der Waals surface area contributed by atoms with Crippen molar-refractivity contribution < 1.29 is 21.8 Å². The molecular formula is C12H17FN2O4S2. The number of amides is 1. The molecule has 0 heterocycles. The topological polar surface area (TPSA) is 106 Å². The van der Waals surface area contributed by atoms with Gasteiger partial charge in [0, 0.05) is 34.4 Å². The van der Waals surface area contributed by atoms with Gasteiger partial charge in [0.25, 0.3) is 5.91 Å². The second-order valence-corrected chi connectivity index (χ2v) is 7.75. The lowest BCUT2D eigenvalue weighted by Crippen LogP contribution is -2.36. The van der Waals surface area contributed by atoms with Crippen LogP contribution >= 0.6 is 0 Å². The average Bonchev–Trinajstić information content (AvgIpc) is 2.28. The maximum atomic E-state index is 13.5. The molecule has 0 saturated heterocycles. The van der Waals surface area contributed by atoms with E-state index in [0.29, 0.717) is 0 Å². The molecule has 2 unspecified atom stereocenters. The van der Waals surface area contributed by atoms with E-state index in [1.54, 1.807) is 6.92 Å². The van der Waals surface area contributed by atoms with Crippen LogP contribution in [0.2, 0.25) is 0 Å². The lowest BCUT2D eigenvalue weighted by atomic mass is 10.1. The zero-order chi connectivity index (χ0) is 16.4. The van der Waals surface area contributed by atoms with E-state index in [1.807, 2.05) is 0 Å². The third-order valence-electron chi connectivity index (χ3n) is 2.74. The van der Waals surface area contributed by atoms with E-state index in [9.17, 15) is 21.8 Å². The van der Waals surface area contributed by atoms with Crippen LogP contribution in [0, 0.1) is 12.7 Å². The fraction of sp³-hybridized carbons (Fsp3) is 0.417. The molecule has 118 valence electrons. The monoisotopic (exact) mass is 336 g/mol. The van der Waals surface area contributed by atoms with Crippen molar-refractivity contribution in [2.24, 2.45) is 5.14 Å². The highest BCUT2D eigenvalue weighted by Crippen LogP contribution is 2.20. The Hall–Kier alpha value is -1.32. The number of halogens is 1. The molecular weight excluding hydrogens is 319 g/mol. The molecule has 0 aliphatic rings. The van der Waals surface area contributed by atoms with Gasteiger partial charge in [-0.2, -0.15) is 0 Å². The molecule has 0 aromatic heterocycles. The second-order valence-electron chi connectivity index (χ2n) is 4.74. The van der Waals surface area contributed by atoms with E-state index in [-0.39, 0.29) is 16.9 Å². The number of carbonyl (C=O) groups excluding carboxylic acids is 1. The number of nitrogens with one attached hydrogen (secondary N) is 1. The molecule has 9 heteroatoms. The molecule has 1 aromatic rings. The van der Waals surface area contributed by atoms with Gasteiger partial charge in [-0.05, 0) is 31.5 Å². The minimum absolute atomic E-state index is 0.0706. The second kappa shape index (κ2) is 6.63. The van der Waals surface area contributed by atoms with Crippen LogP contribution in [-0.2, 0) is 20.8 Å². The van der Waals surface area contributed by atoms with Crippen molar-refractivity contribution in [2.45, 2.75) is 24.8 Å². The fourth-order valence-corrected chi connectivity index (χ4v) is 3.48. The van der Waals surface area contributed by atoms with E-state index in [1.165, 1.54) is 13.2 Å². The predicted octanol–water partition coefficient (Wildman–Crippen LogP) is 0.278. The zero-order valence-corrected chi connectivity index (χ0v) is 13.5. The molecule has 0 aliphatic carbocycles. The smallest absolute Gasteiger partial charge is 0.251 e. The summed E-state index contributed by atoms with van der Waals surface area (Å²) in [6.45, 7) is 3.02. The summed E-state index contributed by atoms with van der Waals surface area (Å²) in [6, 6.07) is 1.31. The average molecular weight is 336 g/mol. The van der Waals surface area contributed by atoms with Crippen molar-refractivity contribution in [1.82, 2.24) is 5.32 Å². The van der Waals surface area contributed by atoms with Crippen LogP contribution in [0.15, 0.2) is 17.0 Å². The quantitative estimate of drug-likeness (QED) is 0.805. The molecule has 1 amide bonds. The lowest BCUT2D eigenvalue weighted by molar-refractivity contribution is 0.0942. The highest BCUT2D eigenvalue weighted by atomic mass is 32.2. The third-order valence-corrected chi connectivity index (χ3v) is 4.74. The van der Waals surface area contributed by atoms with Crippen molar-refractivity contribution in [2.75, 3.05) is 12.0 Å². The Morgan fingerprint density at radius 2 is 2.05 bits per heavy atom.